The van der Waals surface area contributed by atoms with Gasteiger partial charge in [-0.05, 0) is 43.4 Å². The van der Waals surface area contributed by atoms with Gasteiger partial charge in [-0.3, -0.25) is 19.3 Å². The first-order chi connectivity index (χ1) is 13.1. The molecular weight excluding hydrogens is 342 g/mol. The molecule has 0 saturated carbocycles. The van der Waals surface area contributed by atoms with Crippen molar-refractivity contribution in [3.63, 3.8) is 0 Å². The Balaban J connectivity index is 1.42. The van der Waals surface area contributed by atoms with E-state index in [-0.39, 0.29) is 30.4 Å². The lowest BCUT2D eigenvalue weighted by atomic mass is 10.0. The van der Waals surface area contributed by atoms with Crippen LogP contribution in [0.15, 0.2) is 18.2 Å². The Hall–Kier alpha value is -2.21. The van der Waals surface area contributed by atoms with Crippen LogP contribution in [0.25, 0.3) is 0 Å². The molecule has 1 aliphatic carbocycles. The number of amides is 2. The molecule has 0 spiro atoms. The van der Waals surface area contributed by atoms with Crippen molar-refractivity contribution in [1.29, 1.82) is 0 Å². The minimum atomic E-state index is 0.0252. The van der Waals surface area contributed by atoms with Crippen LogP contribution in [0.1, 0.15) is 47.7 Å². The van der Waals surface area contributed by atoms with E-state index in [9.17, 15) is 14.4 Å². The molecule has 1 aromatic carbocycles. The number of fused-ring (bicyclic) bond motifs is 1. The van der Waals surface area contributed by atoms with Crippen molar-refractivity contribution in [3.05, 3.63) is 34.9 Å². The summed E-state index contributed by atoms with van der Waals surface area (Å²) in [5, 5.41) is 2.79. The normalized spacial score (nSPS) is 16.9. The number of carbonyl (C=O) groups excluding carboxylic acids is 3. The Labute approximate surface area is 160 Å². The summed E-state index contributed by atoms with van der Waals surface area (Å²) >= 11 is 0. The maximum atomic E-state index is 12.4. The third-order valence-corrected chi connectivity index (χ3v) is 5.45. The summed E-state index contributed by atoms with van der Waals surface area (Å²) in [7, 11) is 0. The SMILES string of the molecule is CCNC(=O)CN1CCN(C(=O)CCC(=O)c2ccc3c(c2)CCC3)CC1. The van der Waals surface area contributed by atoms with Gasteiger partial charge in [0.05, 0.1) is 6.54 Å². The Morgan fingerprint density at radius 3 is 2.48 bits per heavy atom. The quantitative estimate of drug-likeness (QED) is 0.736. The van der Waals surface area contributed by atoms with E-state index in [4.69, 9.17) is 0 Å². The third kappa shape index (κ3) is 5.16. The Morgan fingerprint density at radius 1 is 1.00 bits per heavy atom. The fourth-order valence-electron chi connectivity index (χ4n) is 3.88. The molecule has 1 fully saturated rings. The van der Waals surface area contributed by atoms with Gasteiger partial charge in [-0.15, -0.1) is 0 Å². The fraction of sp³-hybridized carbons (Fsp3) is 0.571. The molecule has 0 aromatic heterocycles. The Morgan fingerprint density at radius 2 is 1.74 bits per heavy atom. The van der Waals surface area contributed by atoms with E-state index in [0.717, 1.165) is 24.8 Å². The van der Waals surface area contributed by atoms with Crippen LogP contribution in [0.4, 0.5) is 0 Å². The van der Waals surface area contributed by atoms with Crippen molar-refractivity contribution in [2.24, 2.45) is 0 Å². The number of hydrogen-bond acceptors (Lipinski definition) is 4. The van der Waals surface area contributed by atoms with E-state index in [2.05, 4.69) is 16.3 Å². The van der Waals surface area contributed by atoms with Crippen molar-refractivity contribution in [2.75, 3.05) is 39.3 Å². The van der Waals surface area contributed by atoms with Gasteiger partial charge < -0.3 is 10.2 Å². The van der Waals surface area contributed by atoms with E-state index < -0.39 is 0 Å². The number of aryl methyl sites for hydroxylation is 2. The van der Waals surface area contributed by atoms with E-state index in [0.29, 0.717) is 39.3 Å². The second-order valence-electron chi connectivity index (χ2n) is 7.37. The monoisotopic (exact) mass is 371 g/mol. The summed E-state index contributed by atoms with van der Waals surface area (Å²) in [5.41, 5.74) is 3.37. The van der Waals surface area contributed by atoms with Gasteiger partial charge in [0.15, 0.2) is 5.78 Å². The van der Waals surface area contributed by atoms with E-state index >= 15 is 0 Å². The number of hydrogen-bond donors (Lipinski definition) is 1. The summed E-state index contributed by atoms with van der Waals surface area (Å²) in [6.45, 7) is 5.54. The average Bonchev–Trinajstić information content (AvgIpc) is 3.14. The number of nitrogens with one attached hydrogen (secondary N) is 1. The predicted octanol–water partition coefficient (Wildman–Crippen LogP) is 1.42. The van der Waals surface area contributed by atoms with Crippen LogP contribution in [0.2, 0.25) is 0 Å². The first-order valence-electron chi connectivity index (χ1n) is 9.98. The number of likely N-dealkylation sites (N-methyl/N-ethyl adjacent to an activating group) is 1. The number of piperazine rings is 1. The molecule has 6 heteroatoms. The molecule has 0 radical (unpaired) electrons. The molecule has 0 bridgehead atoms. The molecule has 0 unspecified atom stereocenters. The van der Waals surface area contributed by atoms with Gasteiger partial charge in [-0.1, -0.05) is 12.1 Å². The molecule has 1 N–H and O–H groups in total. The number of nitrogens with zero attached hydrogens (tertiary/aromatic N) is 2. The summed E-state index contributed by atoms with van der Waals surface area (Å²) in [6, 6.07) is 5.97. The number of Topliss-reactive ketones (excluding diaryl/α,β-unsaturated/α-hetero) is 1. The molecule has 0 atom stereocenters. The maximum Gasteiger partial charge on any atom is 0.234 e. The third-order valence-electron chi connectivity index (χ3n) is 5.45. The smallest absolute Gasteiger partial charge is 0.234 e. The number of ketones is 1. The van der Waals surface area contributed by atoms with Crippen molar-refractivity contribution in [1.82, 2.24) is 15.1 Å². The van der Waals surface area contributed by atoms with Crippen LogP contribution in [0.5, 0.6) is 0 Å². The minimum Gasteiger partial charge on any atom is -0.355 e. The second kappa shape index (κ2) is 9.13. The van der Waals surface area contributed by atoms with Crippen molar-refractivity contribution in [3.8, 4) is 0 Å². The topological polar surface area (TPSA) is 69.7 Å². The highest BCUT2D eigenvalue weighted by Gasteiger charge is 2.23. The molecule has 3 rings (SSSR count). The Bertz CT molecular complexity index is 709. The highest BCUT2D eigenvalue weighted by molar-refractivity contribution is 5.98. The molecule has 1 saturated heterocycles. The van der Waals surface area contributed by atoms with Gasteiger partial charge in [-0.2, -0.15) is 0 Å². The zero-order chi connectivity index (χ0) is 19.2. The standard InChI is InChI=1S/C21H29N3O3/c1-2-22-20(26)15-23-10-12-24(13-11-23)21(27)9-8-19(25)18-7-6-16-4-3-5-17(16)14-18/h6-7,14H,2-5,8-13,15H2,1H3,(H,22,26). The number of rotatable bonds is 7. The van der Waals surface area contributed by atoms with Crippen molar-refractivity contribution in [2.45, 2.75) is 39.0 Å². The lowest BCUT2D eigenvalue weighted by Crippen LogP contribution is -2.51. The van der Waals surface area contributed by atoms with Crippen LogP contribution >= 0.6 is 0 Å². The highest BCUT2D eigenvalue weighted by atomic mass is 16.2. The number of benzene rings is 1. The summed E-state index contributed by atoms with van der Waals surface area (Å²) in [4.78, 5) is 40.4. The molecule has 6 nitrogen and oxygen atoms in total. The molecule has 1 aliphatic heterocycles. The van der Waals surface area contributed by atoms with Crippen LogP contribution in [0, 0.1) is 0 Å². The zero-order valence-electron chi connectivity index (χ0n) is 16.1. The highest BCUT2D eigenvalue weighted by Crippen LogP contribution is 2.23. The van der Waals surface area contributed by atoms with E-state index in [1.807, 2.05) is 24.0 Å². The average molecular weight is 371 g/mol. The lowest BCUT2D eigenvalue weighted by molar-refractivity contribution is -0.133. The molecule has 1 heterocycles. The molecule has 27 heavy (non-hydrogen) atoms. The molecular formula is C21H29N3O3. The lowest BCUT2D eigenvalue weighted by Gasteiger charge is -2.34. The first-order valence-corrected chi connectivity index (χ1v) is 9.98. The van der Waals surface area contributed by atoms with Gasteiger partial charge in [0.1, 0.15) is 0 Å². The molecule has 2 amide bonds. The van der Waals surface area contributed by atoms with Crippen LogP contribution < -0.4 is 5.32 Å². The summed E-state index contributed by atoms with van der Waals surface area (Å²) < 4.78 is 0. The largest absolute Gasteiger partial charge is 0.355 e. The second-order valence-corrected chi connectivity index (χ2v) is 7.37. The predicted molar refractivity (Wildman–Crippen MR) is 104 cm³/mol. The van der Waals surface area contributed by atoms with Gasteiger partial charge >= 0.3 is 0 Å². The van der Waals surface area contributed by atoms with Crippen LogP contribution in [0.3, 0.4) is 0 Å². The van der Waals surface area contributed by atoms with E-state index in [1.165, 1.54) is 11.1 Å². The van der Waals surface area contributed by atoms with Gasteiger partial charge in [0, 0.05) is 51.1 Å². The zero-order valence-corrected chi connectivity index (χ0v) is 16.1. The minimum absolute atomic E-state index is 0.0252. The van der Waals surface area contributed by atoms with Gasteiger partial charge in [0.25, 0.3) is 0 Å². The summed E-state index contributed by atoms with van der Waals surface area (Å²) in [6.07, 6.45) is 3.84. The van der Waals surface area contributed by atoms with Gasteiger partial charge in [0.2, 0.25) is 11.8 Å². The molecule has 146 valence electrons. The van der Waals surface area contributed by atoms with Crippen LogP contribution in [-0.2, 0) is 22.4 Å². The number of carbonyl (C=O) groups is 3. The Kier molecular flexibility index (Phi) is 6.61. The fourth-order valence-corrected chi connectivity index (χ4v) is 3.88. The first kappa shape index (κ1) is 19.5. The van der Waals surface area contributed by atoms with Crippen molar-refractivity contribution < 1.29 is 14.4 Å². The van der Waals surface area contributed by atoms with E-state index in [1.54, 1.807) is 0 Å². The maximum absolute atomic E-state index is 12.4. The summed E-state index contributed by atoms with van der Waals surface area (Å²) in [5.74, 6) is 0.104. The van der Waals surface area contributed by atoms with Crippen LogP contribution in [-0.4, -0.2) is 66.7 Å². The van der Waals surface area contributed by atoms with Gasteiger partial charge in [-0.25, -0.2) is 0 Å². The molecule has 2 aliphatic rings. The molecule has 1 aromatic rings. The van der Waals surface area contributed by atoms with Crippen molar-refractivity contribution >= 4 is 17.6 Å².